The summed E-state index contributed by atoms with van der Waals surface area (Å²) in [5.74, 6) is -0.439. The molecule has 0 aliphatic rings. The van der Waals surface area contributed by atoms with E-state index in [1.54, 1.807) is 6.07 Å². The van der Waals surface area contributed by atoms with Gasteiger partial charge in [0.25, 0.3) is 0 Å². The Kier molecular flexibility index (Phi) is 3.21. The Morgan fingerprint density at radius 1 is 1.50 bits per heavy atom. The van der Waals surface area contributed by atoms with Gasteiger partial charge in [0.1, 0.15) is 5.54 Å². The molecule has 94 valence electrons. The third kappa shape index (κ3) is 2.79. The highest BCUT2D eigenvalue weighted by atomic mass is 16.4. The fraction of sp³-hybridized carbons (Fsp3) is 0.385. The summed E-state index contributed by atoms with van der Waals surface area (Å²) in [5.41, 5.74) is 1.83. The largest absolute Gasteiger partial charge is 0.417 e. The lowest BCUT2D eigenvalue weighted by molar-refractivity contribution is 0.490. The molecule has 0 saturated heterocycles. The molecule has 0 spiro atoms. The van der Waals surface area contributed by atoms with Crippen LogP contribution in [0.5, 0.6) is 0 Å². The first-order valence-electron chi connectivity index (χ1n) is 5.78. The Morgan fingerprint density at radius 3 is 3.00 bits per heavy atom. The van der Waals surface area contributed by atoms with Crippen molar-refractivity contribution < 1.29 is 4.42 Å². The Labute approximate surface area is 104 Å². The first kappa shape index (κ1) is 12.4. The number of aromatic nitrogens is 1. The maximum atomic E-state index is 11.0. The van der Waals surface area contributed by atoms with Gasteiger partial charge in [0.15, 0.2) is 5.58 Å². The molecule has 0 unspecified atom stereocenters. The molecule has 5 nitrogen and oxygen atoms in total. The first-order chi connectivity index (χ1) is 8.50. The summed E-state index contributed by atoms with van der Waals surface area (Å²) < 4.78 is 4.93. The molecule has 0 aliphatic heterocycles. The normalized spacial score (nSPS) is 11.6. The third-order valence-corrected chi connectivity index (χ3v) is 2.74. The minimum absolute atomic E-state index is 0.439. The van der Waals surface area contributed by atoms with Gasteiger partial charge in [0.05, 0.1) is 11.6 Å². The summed E-state index contributed by atoms with van der Waals surface area (Å²) in [7, 11) is 0. The second-order valence-electron chi connectivity index (χ2n) is 4.76. The number of oxazole rings is 1. The summed E-state index contributed by atoms with van der Waals surface area (Å²) in [6.07, 6.45) is 0.786. The molecular weight excluding hydrogens is 230 g/mol. The van der Waals surface area contributed by atoms with Crippen molar-refractivity contribution in [2.24, 2.45) is 0 Å². The lowest BCUT2D eigenvalue weighted by Gasteiger charge is -2.17. The van der Waals surface area contributed by atoms with Gasteiger partial charge in [0.2, 0.25) is 0 Å². The Bertz CT molecular complexity index is 646. The third-order valence-electron chi connectivity index (χ3n) is 2.74. The van der Waals surface area contributed by atoms with Crippen molar-refractivity contribution in [1.29, 1.82) is 5.26 Å². The fourth-order valence-corrected chi connectivity index (χ4v) is 1.71. The Balaban J connectivity index is 2.04. The SMILES string of the molecule is CC(C)(C#N)NCCc1ccc2oc(=O)[nH]c2c1. The average Bonchev–Trinajstić information content (AvgIpc) is 2.68. The van der Waals surface area contributed by atoms with Gasteiger partial charge in [-0.1, -0.05) is 6.07 Å². The van der Waals surface area contributed by atoms with Gasteiger partial charge in [-0.15, -0.1) is 0 Å². The first-order valence-corrected chi connectivity index (χ1v) is 5.78. The zero-order chi connectivity index (χ0) is 13.2. The molecule has 1 heterocycles. The molecule has 1 aromatic carbocycles. The van der Waals surface area contributed by atoms with E-state index in [0.29, 0.717) is 17.6 Å². The lowest BCUT2D eigenvalue weighted by Crippen LogP contribution is -2.38. The van der Waals surface area contributed by atoms with Crippen LogP contribution in [0.2, 0.25) is 0 Å². The summed E-state index contributed by atoms with van der Waals surface area (Å²) in [4.78, 5) is 13.6. The predicted molar refractivity (Wildman–Crippen MR) is 68.2 cm³/mol. The van der Waals surface area contributed by atoms with Crippen molar-refractivity contribution in [2.45, 2.75) is 25.8 Å². The number of rotatable bonds is 4. The van der Waals surface area contributed by atoms with E-state index in [1.807, 2.05) is 26.0 Å². The van der Waals surface area contributed by atoms with Crippen LogP contribution in [0.4, 0.5) is 0 Å². The highest BCUT2D eigenvalue weighted by Gasteiger charge is 2.14. The van der Waals surface area contributed by atoms with Gasteiger partial charge in [-0.2, -0.15) is 5.26 Å². The molecule has 0 radical (unpaired) electrons. The van der Waals surface area contributed by atoms with Crippen LogP contribution in [0.25, 0.3) is 11.1 Å². The van der Waals surface area contributed by atoms with E-state index in [0.717, 1.165) is 12.0 Å². The average molecular weight is 245 g/mol. The number of hydrogen-bond donors (Lipinski definition) is 2. The minimum Gasteiger partial charge on any atom is -0.408 e. The van der Waals surface area contributed by atoms with Gasteiger partial charge in [0, 0.05) is 6.54 Å². The number of nitrogens with one attached hydrogen (secondary N) is 2. The number of hydrogen-bond acceptors (Lipinski definition) is 4. The highest BCUT2D eigenvalue weighted by molar-refractivity contribution is 5.72. The Hall–Kier alpha value is -2.06. The molecule has 0 fully saturated rings. The van der Waals surface area contributed by atoms with E-state index >= 15 is 0 Å². The lowest BCUT2D eigenvalue weighted by atomic mass is 10.1. The number of nitriles is 1. The second kappa shape index (κ2) is 4.67. The standard InChI is InChI=1S/C13H15N3O2/c1-13(2,8-14)15-6-5-9-3-4-11-10(7-9)16-12(17)18-11/h3-4,7,15H,5-6H2,1-2H3,(H,16,17). The monoisotopic (exact) mass is 245 g/mol. The quantitative estimate of drug-likeness (QED) is 0.856. The number of fused-ring (bicyclic) bond motifs is 1. The van der Waals surface area contributed by atoms with Crippen LogP contribution in [0.1, 0.15) is 19.4 Å². The highest BCUT2D eigenvalue weighted by Crippen LogP contribution is 2.12. The van der Waals surface area contributed by atoms with Crippen molar-refractivity contribution in [2.75, 3.05) is 6.54 Å². The van der Waals surface area contributed by atoms with Crippen LogP contribution in [-0.4, -0.2) is 17.1 Å². The summed E-state index contributed by atoms with van der Waals surface area (Å²) in [6, 6.07) is 7.77. The maximum absolute atomic E-state index is 11.0. The summed E-state index contributed by atoms with van der Waals surface area (Å²) in [5, 5.41) is 12.0. The van der Waals surface area contributed by atoms with Crippen LogP contribution in [0, 0.1) is 11.3 Å². The number of H-pyrrole nitrogens is 1. The molecule has 0 atom stereocenters. The van der Waals surface area contributed by atoms with Crippen molar-refractivity contribution in [3.63, 3.8) is 0 Å². The minimum atomic E-state index is -0.520. The molecule has 2 aromatic rings. The number of benzene rings is 1. The molecule has 0 aliphatic carbocycles. The number of aromatic amines is 1. The zero-order valence-electron chi connectivity index (χ0n) is 10.4. The van der Waals surface area contributed by atoms with E-state index in [9.17, 15) is 4.79 Å². The maximum Gasteiger partial charge on any atom is 0.417 e. The van der Waals surface area contributed by atoms with E-state index in [1.165, 1.54) is 0 Å². The van der Waals surface area contributed by atoms with Gasteiger partial charge in [-0.25, -0.2) is 4.79 Å². The van der Waals surface area contributed by atoms with E-state index < -0.39 is 11.3 Å². The second-order valence-corrected chi connectivity index (χ2v) is 4.76. The van der Waals surface area contributed by atoms with Crippen molar-refractivity contribution in [3.05, 3.63) is 34.3 Å². The molecular formula is C13H15N3O2. The van der Waals surface area contributed by atoms with Gasteiger partial charge < -0.3 is 4.42 Å². The summed E-state index contributed by atoms with van der Waals surface area (Å²) >= 11 is 0. The van der Waals surface area contributed by atoms with E-state index in [-0.39, 0.29) is 0 Å². The topological polar surface area (TPSA) is 81.8 Å². The summed E-state index contributed by atoms with van der Waals surface area (Å²) in [6.45, 7) is 4.38. The van der Waals surface area contributed by atoms with Crippen LogP contribution in [0.3, 0.4) is 0 Å². The molecule has 0 bridgehead atoms. The van der Waals surface area contributed by atoms with Crippen molar-refractivity contribution >= 4 is 11.1 Å². The molecule has 0 saturated carbocycles. The molecule has 18 heavy (non-hydrogen) atoms. The van der Waals surface area contributed by atoms with E-state index in [4.69, 9.17) is 9.68 Å². The van der Waals surface area contributed by atoms with Gasteiger partial charge in [-0.3, -0.25) is 10.3 Å². The Morgan fingerprint density at radius 2 is 2.28 bits per heavy atom. The zero-order valence-corrected chi connectivity index (χ0v) is 10.4. The van der Waals surface area contributed by atoms with E-state index in [2.05, 4.69) is 16.4 Å². The van der Waals surface area contributed by atoms with Crippen LogP contribution in [-0.2, 0) is 6.42 Å². The molecule has 2 N–H and O–H groups in total. The van der Waals surface area contributed by atoms with Crippen LogP contribution >= 0.6 is 0 Å². The van der Waals surface area contributed by atoms with Crippen molar-refractivity contribution in [1.82, 2.24) is 10.3 Å². The van der Waals surface area contributed by atoms with Gasteiger partial charge in [-0.05, 0) is 38.0 Å². The van der Waals surface area contributed by atoms with Crippen LogP contribution < -0.4 is 11.1 Å². The molecule has 0 amide bonds. The van der Waals surface area contributed by atoms with Crippen LogP contribution in [0.15, 0.2) is 27.4 Å². The molecule has 2 rings (SSSR count). The number of nitrogens with zero attached hydrogens (tertiary/aromatic N) is 1. The smallest absolute Gasteiger partial charge is 0.408 e. The molecule has 5 heteroatoms. The van der Waals surface area contributed by atoms with Gasteiger partial charge >= 0.3 is 5.76 Å². The molecule has 1 aromatic heterocycles. The fourth-order valence-electron chi connectivity index (χ4n) is 1.71. The predicted octanol–water partition coefficient (Wildman–Crippen LogP) is 1.56. The van der Waals surface area contributed by atoms with Crippen molar-refractivity contribution in [3.8, 4) is 6.07 Å².